The Morgan fingerprint density at radius 1 is 0.933 bits per heavy atom. The number of carbonyl (C=O) groups is 3. The molecular formula is C23H23N3O4. The minimum atomic E-state index is -0.349. The smallest absolute Gasteiger partial charge is 0.282 e. The highest BCUT2D eigenvalue weighted by molar-refractivity contribution is 6.45. The van der Waals surface area contributed by atoms with E-state index in [4.69, 9.17) is 4.74 Å². The Kier molecular flexibility index (Phi) is 5.37. The van der Waals surface area contributed by atoms with Crippen LogP contribution in [0.3, 0.4) is 0 Å². The number of morpholine rings is 1. The van der Waals surface area contributed by atoms with Crippen molar-refractivity contribution in [2.24, 2.45) is 0 Å². The monoisotopic (exact) mass is 405 g/mol. The summed E-state index contributed by atoms with van der Waals surface area (Å²) in [4.78, 5) is 41.3. The molecule has 0 spiro atoms. The van der Waals surface area contributed by atoms with Crippen molar-refractivity contribution in [3.05, 3.63) is 65.4 Å². The fourth-order valence-corrected chi connectivity index (χ4v) is 3.71. The van der Waals surface area contributed by atoms with Crippen molar-refractivity contribution >= 4 is 34.7 Å². The maximum atomic E-state index is 13.4. The number of anilines is 2. The quantitative estimate of drug-likeness (QED) is 0.791. The van der Waals surface area contributed by atoms with Crippen LogP contribution >= 0.6 is 0 Å². The molecule has 1 N–H and O–H groups in total. The zero-order chi connectivity index (χ0) is 21.3. The summed E-state index contributed by atoms with van der Waals surface area (Å²) in [5.74, 6) is -0.849. The summed E-state index contributed by atoms with van der Waals surface area (Å²) in [5.41, 5.74) is 3.64. The van der Waals surface area contributed by atoms with Gasteiger partial charge in [-0.05, 0) is 36.8 Å². The first kappa shape index (κ1) is 19.8. The zero-order valence-corrected chi connectivity index (χ0v) is 17.0. The summed E-state index contributed by atoms with van der Waals surface area (Å²) in [6.45, 7) is 5.49. The first-order valence-electron chi connectivity index (χ1n) is 9.86. The highest BCUT2D eigenvalue weighted by atomic mass is 16.5. The molecule has 7 nitrogen and oxygen atoms in total. The highest BCUT2D eigenvalue weighted by Gasteiger charge is 2.42. The first-order valence-corrected chi connectivity index (χ1v) is 9.86. The molecule has 3 amide bonds. The Hall–Kier alpha value is -3.45. The van der Waals surface area contributed by atoms with Gasteiger partial charge in [0.25, 0.3) is 11.8 Å². The second-order valence-corrected chi connectivity index (χ2v) is 7.36. The topological polar surface area (TPSA) is 79.0 Å². The van der Waals surface area contributed by atoms with Crippen LogP contribution in [0, 0.1) is 6.92 Å². The van der Waals surface area contributed by atoms with Gasteiger partial charge in [-0.25, -0.2) is 4.90 Å². The van der Waals surface area contributed by atoms with Crippen LogP contribution < -0.4 is 10.2 Å². The van der Waals surface area contributed by atoms with Crippen molar-refractivity contribution in [3.8, 4) is 0 Å². The lowest BCUT2D eigenvalue weighted by Crippen LogP contribution is -2.40. The number of aryl methyl sites for hydroxylation is 1. The van der Waals surface area contributed by atoms with Crippen LogP contribution in [0.15, 0.2) is 54.2 Å². The van der Waals surface area contributed by atoms with Crippen LogP contribution in [0.1, 0.15) is 18.1 Å². The largest absolute Gasteiger partial charge is 0.378 e. The first-order chi connectivity index (χ1) is 14.5. The number of imide groups is 1. The third-order valence-corrected chi connectivity index (χ3v) is 5.17. The number of nitrogens with one attached hydrogen (secondary N) is 1. The number of rotatable bonds is 4. The van der Waals surface area contributed by atoms with Crippen LogP contribution in [-0.2, 0) is 19.1 Å². The minimum absolute atomic E-state index is 0.173. The van der Waals surface area contributed by atoms with Gasteiger partial charge in [0.2, 0.25) is 5.91 Å². The molecule has 0 aromatic heterocycles. The number of carbonyl (C=O) groups excluding carboxylic acids is 3. The van der Waals surface area contributed by atoms with Crippen LogP contribution in [0.5, 0.6) is 0 Å². The molecule has 0 saturated carbocycles. The van der Waals surface area contributed by atoms with Gasteiger partial charge in [0.1, 0.15) is 5.70 Å². The molecule has 1 fully saturated rings. The molecule has 0 atom stereocenters. The number of nitrogens with zero attached hydrogens (tertiary/aromatic N) is 2. The molecule has 0 unspecified atom stereocenters. The molecule has 2 aliphatic rings. The number of benzene rings is 2. The van der Waals surface area contributed by atoms with Gasteiger partial charge < -0.3 is 15.0 Å². The SMILES string of the molecule is CC(=O)Nc1ccc(C2=C(N3CCOCC3)C(=O)N(c3ccc(C)cc3)C2=O)cc1. The molecule has 1 saturated heterocycles. The summed E-state index contributed by atoms with van der Waals surface area (Å²) >= 11 is 0. The average Bonchev–Trinajstić information content (AvgIpc) is 3.00. The summed E-state index contributed by atoms with van der Waals surface area (Å²) in [6.07, 6.45) is 0. The van der Waals surface area contributed by atoms with Gasteiger partial charge in [-0.2, -0.15) is 0 Å². The summed E-state index contributed by atoms with van der Waals surface area (Å²) in [5, 5.41) is 2.71. The molecule has 0 aliphatic carbocycles. The van der Waals surface area contributed by atoms with Gasteiger partial charge in [0.05, 0.1) is 24.5 Å². The summed E-state index contributed by atoms with van der Waals surface area (Å²) < 4.78 is 5.43. The molecule has 0 radical (unpaired) electrons. The average molecular weight is 405 g/mol. The lowest BCUT2D eigenvalue weighted by Gasteiger charge is -2.29. The Balaban J connectivity index is 1.76. The molecule has 2 aromatic carbocycles. The van der Waals surface area contributed by atoms with E-state index in [1.54, 1.807) is 36.4 Å². The molecule has 2 aromatic rings. The van der Waals surface area contributed by atoms with E-state index in [-0.39, 0.29) is 17.7 Å². The Morgan fingerprint density at radius 2 is 1.57 bits per heavy atom. The maximum absolute atomic E-state index is 13.4. The van der Waals surface area contributed by atoms with E-state index < -0.39 is 0 Å². The van der Waals surface area contributed by atoms with E-state index in [1.165, 1.54) is 11.8 Å². The maximum Gasteiger partial charge on any atom is 0.282 e. The Morgan fingerprint density at radius 3 is 2.17 bits per heavy atom. The zero-order valence-electron chi connectivity index (χ0n) is 17.0. The standard InChI is InChI=1S/C23H23N3O4/c1-15-3-9-19(10-4-15)26-22(28)20(17-5-7-18(8-6-17)24-16(2)27)21(23(26)29)25-11-13-30-14-12-25/h3-10H,11-14H2,1-2H3,(H,24,27). The summed E-state index contributed by atoms with van der Waals surface area (Å²) in [6, 6.07) is 14.3. The van der Waals surface area contributed by atoms with E-state index >= 15 is 0 Å². The fraction of sp³-hybridized carbons (Fsp3) is 0.261. The molecular weight excluding hydrogens is 382 g/mol. The molecule has 2 heterocycles. The van der Waals surface area contributed by atoms with Crippen molar-refractivity contribution < 1.29 is 19.1 Å². The van der Waals surface area contributed by atoms with E-state index in [0.717, 1.165) is 5.56 Å². The van der Waals surface area contributed by atoms with Crippen molar-refractivity contribution in [3.63, 3.8) is 0 Å². The van der Waals surface area contributed by atoms with Gasteiger partial charge in [0.15, 0.2) is 0 Å². The van der Waals surface area contributed by atoms with Crippen LogP contribution in [0.4, 0.5) is 11.4 Å². The Bertz CT molecular complexity index is 1020. The predicted octanol–water partition coefficient (Wildman–Crippen LogP) is 2.57. The fourth-order valence-electron chi connectivity index (χ4n) is 3.71. The van der Waals surface area contributed by atoms with Gasteiger partial charge >= 0.3 is 0 Å². The second kappa shape index (κ2) is 8.12. The molecule has 2 aliphatic heterocycles. The molecule has 0 bridgehead atoms. The van der Waals surface area contributed by atoms with Crippen molar-refractivity contribution in [2.45, 2.75) is 13.8 Å². The van der Waals surface area contributed by atoms with Crippen LogP contribution in [0.2, 0.25) is 0 Å². The van der Waals surface area contributed by atoms with Crippen molar-refractivity contribution in [1.82, 2.24) is 4.90 Å². The van der Waals surface area contributed by atoms with E-state index in [9.17, 15) is 14.4 Å². The lowest BCUT2D eigenvalue weighted by atomic mass is 10.0. The van der Waals surface area contributed by atoms with Gasteiger partial charge in [-0.15, -0.1) is 0 Å². The van der Waals surface area contributed by atoms with Gasteiger partial charge in [-0.3, -0.25) is 14.4 Å². The van der Waals surface area contributed by atoms with Crippen molar-refractivity contribution in [1.29, 1.82) is 0 Å². The minimum Gasteiger partial charge on any atom is -0.378 e. The van der Waals surface area contributed by atoms with Gasteiger partial charge in [0, 0.05) is 25.7 Å². The summed E-state index contributed by atoms with van der Waals surface area (Å²) in [7, 11) is 0. The molecule has 7 heteroatoms. The van der Waals surface area contributed by atoms with E-state index in [1.807, 2.05) is 24.0 Å². The predicted molar refractivity (Wildman–Crippen MR) is 114 cm³/mol. The molecule has 4 rings (SSSR count). The Labute approximate surface area is 174 Å². The number of ether oxygens (including phenoxy) is 1. The highest BCUT2D eigenvalue weighted by Crippen LogP contribution is 2.35. The molecule has 154 valence electrons. The third kappa shape index (κ3) is 3.71. The third-order valence-electron chi connectivity index (χ3n) is 5.17. The van der Waals surface area contributed by atoms with Crippen LogP contribution in [0.25, 0.3) is 5.57 Å². The number of hydrogen-bond donors (Lipinski definition) is 1. The van der Waals surface area contributed by atoms with Crippen molar-refractivity contribution in [2.75, 3.05) is 36.5 Å². The number of hydrogen-bond acceptors (Lipinski definition) is 5. The van der Waals surface area contributed by atoms with E-state index in [2.05, 4.69) is 5.32 Å². The number of amides is 3. The van der Waals surface area contributed by atoms with Gasteiger partial charge in [-0.1, -0.05) is 29.8 Å². The van der Waals surface area contributed by atoms with E-state index in [0.29, 0.717) is 54.5 Å². The molecule has 30 heavy (non-hydrogen) atoms. The second-order valence-electron chi connectivity index (χ2n) is 7.36. The lowest BCUT2D eigenvalue weighted by molar-refractivity contribution is -0.121. The normalized spacial score (nSPS) is 17.0. The van der Waals surface area contributed by atoms with Crippen LogP contribution in [-0.4, -0.2) is 48.9 Å².